The maximum absolute atomic E-state index is 5.70. The lowest BCUT2D eigenvalue weighted by Crippen LogP contribution is -2.11. The van der Waals surface area contributed by atoms with Gasteiger partial charge in [-0.3, -0.25) is 0 Å². The first-order chi connectivity index (χ1) is 7.35. The second-order valence-electron chi connectivity index (χ2n) is 3.32. The zero-order valence-corrected chi connectivity index (χ0v) is 9.24. The predicted octanol–water partition coefficient (Wildman–Crippen LogP) is 2.35. The van der Waals surface area contributed by atoms with Gasteiger partial charge in [0, 0.05) is 5.56 Å². The Hall–Kier alpha value is -0.770. The van der Waals surface area contributed by atoms with Gasteiger partial charge in [0.15, 0.2) is 6.29 Å². The van der Waals surface area contributed by atoms with Gasteiger partial charge in [-0.2, -0.15) is 0 Å². The molecule has 0 aliphatic carbocycles. The van der Waals surface area contributed by atoms with Gasteiger partial charge in [-0.1, -0.05) is 18.2 Å². The van der Waals surface area contributed by atoms with E-state index in [4.69, 9.17) is 25.8 Å². The summed E-state index contributed by atoms with van der Waals surface area (Å²) in [6, 6.07) is 7.66. The van der Waals surface area contributed by atoms with Crippen molar-refractivity contribution in [3.8, 4) is 5.75 Å². The molecular formula is C11H13ClO3. The second-order valence-corrected chi connectivity index (χ2v) is 3.63. The number of hydrogen-bond donors (Lipinski definition) is 0. The summed E-state index contributed by atoms with van der Waals surface area (Å²) in [6.45, 7) is 0.534. The Labute approximate surface area is 93.9 Å². The van der Waals surface area contributed by atoms with Crippen LogP contribution in [0.4, 0.5) is 0 Å². The number of halogens is 1. The highest BCUT2D eigenvalue weighted by Gasteiger charge is 2.28. The summed E-state index contributed by atoms with van der Waals surface area (Å²) in [7, 11) is 1.63. The molecule has 1 fully saturated rings. The van der Waals surface area contributed by atoms with Crippen molar-refractivity contribution in [3.05, 3.63) is 29.8 Å². The molecule has 2 rings (SSSR count). The number of para-hydroxylation sites is 1. The molecule has 3 nitrogen and oxygen atoms in total. The van der Waals surface area contributed by atoms with Gasteiger partial charge in [0.25, 0.3) is 0 Å². The highest BCUT2D eigenvalue weighted by atomic mass is 35.5. The minimum atomic E-state index is -0.357. The third-order valence-electron chi connectivity index (χ3n) is 2.31. The van der Waals surface area contributed by atoms with Crippen LogP contribution in [-0.2, 0) is 9.47 Å². The van der Waals surface area contributed by atoms with Gasteiger partial charge >= 0.3 is 0 Å². The Bertz CT molecular complexity index is 329. The Kier molecular flexibility index (Phi) is 3.46. The summed E-state index contributed by atoms with van der Waals surface area (Å²) in [5.74, 6) is 1.23. The number of alkyl halides is 1. The van der Waals surface area contributed by atoms with E-state index in [1.54, 1.807) is 7.11 Å². The van der Waals surface area contributed by atoms with Crippen LogP contribution in [-0.4, -0.2) is 25.7 Å². The van der Waals surface area contributed by atoms with Crippen LogP contribution in [0.2, 0.25) is 0 Å². The van der Waals surface area contributed by atoms with E-state index in [1.165, 1.54) is 0 Å². The predicted molar refractivity (Wildman–Crippen MR) is 57.3 cm³/mol. The van der Waals surface area contributed by atoms with E-state index in [9.17, 15) is 0 Å². The van der Waals surface area contributed by atoms with Crippen molar-refractivity contribution in [2.75, 3.05) is 19.6 Å². The molecule has 82 valence electrons. The zero-order valence-electron chi connectivity index (χ0n) is 8.48. The molecule has 0 saturated carbocycles. The number of benzene rings is 1. The molecule has 0 bridgehead atoms. The van der Waals surface area contributed by atoms with Gasteiger partial charge in [0.1, 0.15) is 5.75 Å². The molecule has 0 radical (unpaired) electrons. The number of rotatable bonds is 3. The van der Waals surface area contributed by atoms with Crippen LogP contribution in [0.25, 0.3) is 0 Å². The first kappa shape index (κ1) is 10.7. The van der Waals surface area contributed by atoms with Gasteiger partial charge in [-0.25, -0.2) is 0 Å². The highest BCUT2D eigenvalue weighted by molar-refractivity contribution is 6.18. The van der Waals surface area contributed by atoms with Crippen molar-refractivity contribution in [2.45, 2.75) is 12.4 Å². The summed E-state index contributed by atoms with van der Waals surface area (Å²) >= 11 is 5.70. The summed E-state index contributed by atoms with van der Waals surface area (Å²) in [5.41, 5.74) is 0.910. The van der Waals surface area contributed by atoms with Crippen molar-refractivity contribution >= 4 is 11.6 Å². The molecule has 15 heavy (non-hydrogen) atoms. The molecule has 4 heteroatoms. The molecule has 2 unspecified atom stereocenters. The van der Waals surface area contributed by atoms with Crippen LogP contribution >= 0.6 is 11.6 Å². The fraction of sp³-hybridized carbons (Fsp3) is 0.455. The van der Waals surface area contributed by atoms with Crippen molar-refractivity contribution in [1.82, 2.24) is 0 Å². The van der Waals surface area contributed by atoms with Crippen LogP contribution in [0, 0.1) is 0 Å². The monoisotopic (exact) mass is 228 g/mol. The minimum Gasteiger partial charge on any atom is -0.496 e. The van der Waals surface area contributed by atoms with E-state index in [-0.39, 0.29) is 12.4 Å². The third kappa shape index (κ3) is 2.25. The normalized spacial score (nSPS) is 25.5. The molecule has 1 aliphatic heterocycles. The average Bonchev–Trinajstić information content (AvgIpc) is 2.77. The Morgan fingerprint density at radius 1 is 1.47 bits per heavy atom. The molecule has 0 N–H and O–H groups in total. The lowest BCUT2D eigenvalue weighted by Gasteiger charge is -2.13. The smallest absolute Gasteiger partial charge is 0.187 e. The molecule has 0 amide bonds. The van der Waals surface area contributed by atoms with E-state index >= 15 is 0 Å². The molecule has 1 aromatic carbocycles. The SMILES string of the molecule is COc1ccccc1C1OCC(CCl)O1. The van der Waals surface area contributed by atoms with Crippen molar-refractivity contribution in [3.63, 3.8) is 0 Å². The van der Waals surface area contributed by atoms with E-state index < -0.39 is 0 Å². The zero-order chi connectivity index (χ0) is 10.7. The first-order valence-electron chi connectivity index (χ1n) is 4.81. The molecule has 1 aliphatic rings. The fourth-order valence-corrected chi connectivity index (χ4v) is 1.72. The molecule has 1 aromatic rings. The maximum atomic E-state index is 5.70. The summed E-state index contributed by atoms with van der Waals surface area (Å²) in [5, 5.41) is 0. The number of ether oxygens (including phenoxy) is 3. The lowest BCUT2D eigenvalue weighted by atomic mass is 10.2. The van der Waals surface area contributed by atoms with Crippen LogP contribution < -0.4 is 4.74 Å². The van der Waals surface area contributed by atoms with Crippen LogP contribution in [0.15, 0.2) is 24.3 Å². The topological polar surface area (TPSA) is 27.7 Å². The van der Waals surface area contributed by atoms with Gasteiger partial charge in [-0.05, 0) is 6.07 Å². The van der Waals surface area contributed by atoms with Crippen molar-refractivity contribution < 1.29 is 14.2 Å². The van der Waals surface area contributed by atoms with Gasteiger partial charge in [0.05, 0.1) is 25.7 Å². The Balaban J connectivity index is 2.16. The lowest BCUT2D eigenvalue weighted by molar-refractivity contribution is -0.0579. The molecule has 0 spiro atoms. The molecule has 1 saturated heterocycles. The van der Waals surface area contributed by atoms with E-state index in [1.807, 2.05) is 24.3 Å². The van der Waals surface area contributed by atoms with Gasteiger partial charge in [0.2, 0.25) is 0 Å². The van der Waals surface area contributed by atoms with E-state index in [0.29, 0.717) is 12.5 Å². The first-order valence-corrected chi connectivity index (χ1v) is 5.34. The maximum Gasteiger partial charge on any atom is 0.187 e. The molecule has 2 atom stereocenters. The summed E-state index contributed by atoms with van der Waals surface area (Å²) in [6.07, 6.45) is -0.383. The van der Waals surface area contributed by atoms with Gasteiger partial charge < -0.3 is 14.2 Å². The second kappa shape index (κ2) is 4.84. The molecular weight excluding hydrogens is 216 g/mol. The van der Waals surface area contributed by atoms with Crippen molar-refractivity contribution in [1.29, 1.82) is 0 Å². The molecule has 1 heterocycles. The van der Waals surface area contributed by atoms with E-state index in [2.05, 4.69) is 0 Å². The van der Waals surface area contributed by atoms with Crippen LogP contribution in [0.5, 0.6) is 5.75 Å². The highest BCUT2D eigenvalue weighted by Crippen LogP contribution is 2.33. The standard InChI is InChI=1S/C11H13ClO3/c1-13-10-5-3-2-4-9(10)11-14-7-8(6-12)15-11/h2-5,8,11H,6-7H2,1H3. The quantitative estimate of drug-likeness (QED) is 0.744. The molecule has 0 aromatic heterocycles. The Morgan fingerprint density at radius 2 is 2.27 bits per heavy atom. The fourth-order valence-electron chi connectivity index (χ4n) is 1.55. The number of methoxy groups -OCH3 is 1. The summed E-state index contributed by atoms with van der Waals surface area (Å²) in [4.78, 5) is 0. The average molecular weight is 229 g/mol. The van der Waals surface area contributed by atoms with Gasteiger partial charge in [-0.15, -0.1) is 11.6 Å². The summed E-state index contributed by atoms with van der Waals surface area (Å²) < 4.78 is 16.3. The largest absolute Gasteiger partial charge is 0.496 e. The van der Waals surface area contributed by atoms with Crippen LogP contribution in [0.3, 0.4) is 0 Å². The third-order valence-corrected chi connectivity index (χ3v) is 2.66. The van der Waals surface area contributed by atoms with Crippen LogP contribution in [0.1, 0.15) is 11.9 Å². The Morgan fingerprint density at radius 3 is 2.93 bits per heavy atom. The van der Waals surface area contributed by atoms with E-state index in [0.717, 1.165) is 11.3 Å². The minimum absolute atomic E-state index is 0.0263. The van der Waals surface area contributed by atoms with Crippen molar-refractivity contribution in [2.24, 2.45) is 0 Å². The number of hydrogen-bond acceptors (Lipinski definition) is 3.